The fourth-order valence-electron chi connectivity index (χ4n) is 2.52. The first kappa shape index (κ1) is 12.7. The van der Waals surface area contributed by atoms with E-state index in [9.17, 15) is 4.79 Å². The van der Waals surface area contributed by atoms with Gasteiger partial charge in [-0.3, -0.25) is 4.79 Å². The highest BCUT2D eigenvalue weighted by Crippen LogP contribution is 2.27. The van der Waals surface area contributed by atoms with Crippen molar-refractivity contribution in [3.05, 3.63) is 36.1 Å². The molecule has 19 heavy (non-hydrogen) atoms. The summed E-state index contributed by atoms with van der Waals surface area (Å²) in [5.74, 6) is 0.687. The molecule has 1 aliphatic rings. The van der Waals surface area contributed by atoms with Gasteiger partial charge in [0.2, 0.25) is 0 Å². The largest absolute Gasteiger partial charge is 0.463 e. The molecule has 1 aromatic carbocycles. The summed E-state index contributed by atoms with van der Waals surface area (Å²) >= 11 is 3.66. The zero-order valence-corrected chi connectivity index (χ0v) is 12.4. The number of alkyl halides is 1. The number of benzene rings is 1. The summed E-state index contributed by atoms with van der Waals surface area (Å²) in [4.78, 5) is 14.9. The molecule has 0 bridgehead atoms. The van der Waals surface area contributed by atoms with Gasteiger partial charge < -0.3 is 9.32 Å². The number of hydrogen-bond acceptors (Lipinski definition) is 2. The van der Waals surface area contributed by atoms with Crippen LogP contribution in [0.25, 0.3) is 11.0 Å². The number of carbonyl (C=O) groups excluding carboxylic acids is 1. The third-order valence-corrected chi connectivity index (χ3v) is 5.06. The average molecular weight is 322 g/mol. The van der Waals surface area contributed by atoms with Crippen LogP contribution in [0.3, 0.4) is 0 Å². The van der Waals surface area contributed by atoms with E-state index in [4.69, 9.17) is 4.42 Å². The van der Waals surface area contributed by atoms with E-state index in [0.29, 0.717) is 16.3 Å². The maximum atomic E-state index is 12.6. The summed E-state index contributed by atoms with van der Waals surface area (Å²) in [6, 6.07) is 7.67. The van der Waals surface area contributed by atoms with Gasteiger partial charge in [0.15, 0.2) is 0 Å². The van der Waals surface area contributed by atoms with Crippen LogP contribution in [0.5, 0.6) is 0 Å². The van der Waals surface area contributed by atoms with E-state index in [-0.39, 0.29) is 5.91 Å². The number of piperidine rings is 1. The van der Waals surface area contributed by atoms with Crippen molar-refractivity contribution in [3.8, 4) is 0 Å². The minimum absolute atomic E-state index is 0.0706. The van der Waals surface area contributed by atoms with Crippen LogP contribution in [-0.2, 0) is 0 Å². The van der Waals surface area contributed by atoms with Crippen LogP contribution in [0.2, 0.25) is 0 Å². The molecule has 0 N–H and O–H groups in total. The van der Waals surface area contributed by atoms with Gasteiger partial charge in [0, 0.05) is 23.3 Å². The maximum absolute atomic E-state index is 12.6. The van der Waals surface area contributed by atoms with Gasteiger partial charge in [0.25, 0.3) is 5.91 Å². The third kappa shape index (κ3) is 2.29. The second-order valence-corrected chi connectivity index (χ2v) is 6.35. The summed E-state index contributed by atoms with van der Waals surface area (Å²) in [7, 11) is 0. The van der Waals surface area contributed by atoms with E-state index in [2.05, 4.69) is 22.9 Å². The Morgan fingerprint density at radius 2 is 2.21 bits per heavy atom. The molecule has 2 unspecified atom stereocenters. The quantitative estimate of drug-likeness (QED) is 0.751. The van der Waals surface area contributed by atoms with Crippen LogP contribution < -0.4 is 0 Å². The Balaban J connectivity index is 1.88. The molecule has 1 aliphatic heterocycles. The number of furan rings is 1. The van der Waals surface area contributed by atoms with E-state index in [1.165, 1.54) is 0 Å². The highest BCUT2D eigenvalue weighted by Gasteiger charge is 2.28. The topological polar surface area (TPSA) is 33.5 Å². The summed E-state index contributed by atoms with van der Waals surface area (Å²) in [6.45, 7) is 3.80. The highest BCUT2D eigenvalue weighted by atomic mass is 79.9. The molecule has 2 atom stereocenters. The van der Waals surface area contributed by atoms with E-state index in [0.717, 1.165) is 30.5 Å². The molecule has 100 valence electrons. The second-order valence-electron chi connectivity index (χ2n) is 5.18. The Labute approximate surface area is 120 Å². The van der Waals surface area contributed by atoms with Crippen LogP contribution in [0.15, 0.2) is 34.9 Å². The van der Waals surface area contributed by atoms with Gasteiger partial charge in [0.05, 0.1) is 5.56 Å². The number of hydrogen-bond donors (Lipinski definition) is 0. The van der Waals surface area contributed by atoms with Gasteiger partial charge in [0.1, 0.15) is 11.8 Å². The Kier molecular flexibility index (Phi) is 3.35. The van der Waals surface area contributed by atoms with Gasteiger partial charge >= 0.3 is 0 Å². The molecule has 0 spiro atoms. The molecule has 1 amide bonds. The monoisotopic (exact) mass is 321 g/mol. The van der Waals surface area contributed by atoms with E-state index >= 15 is 0 Å². The van der Waals surface area contributed by atoms with Crippen molar-refractivity contribution < 1.29 is 9.21 Å². The standard InChI is InChI=1S/C15H16BrNO2/c1-10-6-7-17(8-13(10)16)15(18)12-9-19-14-5-3-2-4-11(12)14/h2-5,9-10,13H,6-8H2,1H3. The van der Waals surface area contributed by atoms with Gasteiger partial charge in [-0.2, -0.15) is 0 Å². The normalized spacial score (nSPS) is 23.8. The second kappa shape index (κ2) is 5.00. The molecule has 0 saturated carbocycles. The number of nitrogens with zero attached hydrogens (tertiary/aromatic N) is 1. The lowest BCUT2D eigenvalue weighted by molar-refractivity contribution is 0.0707. The number of rotatable bonds is 1. The molecule has 3 nitrogen and oxygen atoms in total. The molecule has 0 aliphatic carbocycles. The lowest BCUT2D eigenvalue weighted by Gasteiger charge is -2.34. The van der Waals surface area contributed by atoms with Crippen molar-refractivity contribution in [2.45, 2.75) is 18.2 Å². The Morgan fingerprint density at radius 1 is 1.42 bits per heavy atom. The van der Waals surface area contributed by atoms with Crippen LogP contribution in [-0.4, -0.2) is 28.7 Å². The number of carbonyl (C=O) groups is 1. The van der Waals surface area contributed by atoms with Gasteiger partial charge in [-0.05, 0) is 18.4 Å². The zero-order chi connectivity index (χ0) is 13.4. The van der Waals surface area contributed by atoms with Crippen LogP contribution in [0, 0.1) is 5.92 Å². The van der Waals surface area contributed by atoms with E-state index in [1.54, 1.807) is 6.26 Å². The predicted molar refractivity (Wildman–Crippen MR) is 78.6 cm³/mol. The van der Waals surface area contributed by atoms with Crippen molar-refractivity contribution in [1.29, 1.82) is 0 Å². The van der Waals surface area contributed by atoms with E-state index < -0.39 is 0 Å². The molecule has 4 heteroatoms. The molecule has 3 rings (SSSR count). The van der Waals surface area contributed by atoms with Crippen molar-refractivity contribution in [2.24, 2.45) is 5.92 Å². The molecule has 1 saturated heterocycles. The summed E-state index contributed by atoms with van der Waals surface area (Å²) < 4.78 is 5.45. The molecular weight excluding hydrogens is 306 g/mol. The zero-order valence-electron chi connectivity index (χ0n) is 10.8. The van der Waals surface area contributed by atoms with Crippen LogP contribution in [0.1, 0.15) is 23.7 Å². The van der Waals surface area contributed by atoms with Gasteiger partial charge in [-0.1, -0.05) is 41.1 Å². The Bertz CT molecular complexity index is 607. The Hall–Kier alpha value is -1.29. The molecule has 0 radical (unpaired) electrons. The van der Waals surface area contributed by atoms with Gasteiger partial charge in [-0.15, -0.1) is 0 Å². The molecule has 1 fully saturated rings. The lowest BCUT2D eigenvalue weighted by Crippen LogP contribution is -2.43. The number of amides is 1. The van der Waals surface area contributed by atoms with Crippen LogP contribution >= 0.6 is 15.9 Å². The Morgan fingerprint density at radius 3 is 3.00 bits per heavy atom. The molecule has 2 aromatic rings. The first-order chi connectivity index (χ1) is 9.16. The van der Waals surface area contributed by atoms with Crippen molar-refractivity contribution in [2.75, 3.05) is 13.1 Å². The fraction of sp³-hybridized carbons (Fsp3) is 0.400. The van der Waals surface area contributed by atoms with E-state index in [1.807, 2.05) is 29.2 Å². The SMILES string of the molecule is CC1CCN(C(=O)c2coc3ccccc23)CC1Br. The van der Waals surface area contributed by atoms with Crippen molar-refractivity contribution in [1.82, 2.24) is 4.90 Å². The molecule has 1 aromatic heterocycles. The third-order valence-electron chi connectivity index (χ3n) is 3.87. The van der Waals surface area contributed by atoms with Crippen LogP contribution in [0.4, 0.5) is 0 Å². The average Bonchev–Trinajstić information content (AvgIpc) is 2.85. The summed E-state index contributed by atoms with van der Waals surface area (Å²) in [5, 5.41) is 0.900. The minimum Gasteiger partial charge on any atom is -0.463 e. The first-order valence-electron chi connectivity index (χ1n) is 6.56. The fourth-order valence-corrected chi connectivity index (χ4v) is 3.13. The highest BCUT2D eigenvalue weighted by molar-refractivity contribution is 9.09. The predicted octanol–water partition coefficient (Wildman–Crippen LogP) is 3.68. The lowest BCUT2D eigenvalue weighted by atomic mass is 9.98. The molecular formula is C15H16BrNO2. The summed E-state index contributed by atoms with van der Waals surface area (Å²) in [5.41, 5.74) is 1.44. The number of halogens is 1. The van der Waals surface area contributed by atoms with Crippen molar-refractivity contribution >= 4 is 32.8 Å². The molecule has 2 heterocycles. The number of likely N-dealkylation sites (tertiary alicyclic amines) is 1. The van der Waals surface area contributed by atoms with Gasteiger partial charge in [-0.25, -0.2) is 0 Å². The maximum Gasteiger partial charge on any atom is 0.257 e. The number of fused-ring (bicyclic) bond motifs is 1. The smallest absolute Gasteiger partial charge is 0.257 e. The first-order valence-corrected chi connectivity index (χ1v) is 7.48. The number of para-hydroxylation sites is 1. The van der Waals surface area contributed by atoms with Crippen molar-refractivity contribution in [3.63, 3.8) is 0 Å². The summed E-state index contributed by atoms with van der Waals surface area (Å²) in [6.07, 6.45) is 2.62. The minimum atomic E-state index is 0.0706.